The third-order valence-electron chi connectivity index (χ3n) is 5.49. The Morgan fingerprint density at radius 3 is 2.80 bits per heavy atom. The first kappa shape index (κ1) is 19.5. The number of hydrogen-bond donors (Lipinski definition) is 0. The molecule has 2 atom stereocenters. The van der Waals surface area contributed by atoms with E-state index in [1.54, 1.807) is 22.8 Å². The van der Waals surface area contributed by atoms with Crippen molar-refractivity contribution in [3.63, 3.8) is 0 Å². The highest BCUT2D eigenvalue weighted by atomic mass is 32.2. The normalized spacial score (nSPS) is 17.2. The molecule has 3 heterocycles. The molecule has 0 N–H and O–H groups in total. The summed E-state index contributed by atoms with van der Waals surface area (Å²) in [5.41, 5.74) is 2.03. The van der Waals surface area contributed by atoms with E-state index in [0.717, 1.165) is 35.2 Å². The van der Waals surface area contributed by atoms with Gasteiger partial charge in [-0.3, -0.25) is 9.36 Å². The van der Waals surface area contributed by atoms with Gasteiger partial charge in [-0.2, -0.15) is 4.98 Å². The maximum Gasteiger partial charge on any atom is 0.267 e. The summed E-state index contributed by atoms with van der Waals surface area (Å²) in [6, 6.07) is 9.72. The highest BCUT2D eigenvalue weighted by Crippen LogP contribution is 2.39. The third-order valence-corrected chi connectivity index (χ3v) is 7.67. The first-order chi connectivity index (χ1) is 14.5. The minimum Gasteiger partial charge on any atom is -0.338 e. The molecule has 8 heteroatoms. The van der Waals surface area contributed by atoms with Gasteiger partial charge in [-0.1, -0.05) is 42.0 Å². The van der Waals surface area contributed by atoms with E-state index in [1.807, 2.05) is 37.3 Å². The van der Waals surface area contributed by atoms with Crippen molar-refractivity contribution in [2.75, 3.05) is 0 Å². The van der Waals surface area contributed by atoms with Crippen molar-refractivity contribution in [3.8, 4) is 5.69 Å². The van der Waals surface area contributed by atoms with Crippen LogP contribution in [0.2, 0.25) is 0 Å². The molecule has 0 spiro atoms. The smallest absolute Gasteiger partial charge is 0.267 e. The van der Waals surface area contributed by atoms with Crippen molar-refractivity contribution in [1.29, 1.82) is 0 Å². The van der Waals surface area contributed by atoms with Gasteiger partial charge in [0.15, 0.2) is 11.0 Å². The van der Waals surface area contributed by atoms with Crippen molar-refractivity contribution in [2.24, 2.45) is 5.92 Å². The van der Waals surface area contributed by atoms with Crippen molar-refractivity contribution >= 4 is 33.3 Å². The first-order valence-electron chi connectivity index (χ1n) is 10.1. The number of aromatic nitrogens is 4. The third kappa shape index (κ3) is 3.37. The van der Waals surface area contributed by atoms with Crippen molar-refractivity contribution in [3.05, 3.63) is 62.8 Å². The van der Waals surface area contributed by atoms with Gasteiger partial charge in [0.05, 0.1) is 16.3 Å². The Morgan fingerprint density at radius 2 is 2.07 bits per heavy atom. The summed E-state index contributed by atoms with van der Waals surface area (Å²) in [4.78, 5) is 25.2. The molecule has 0 amide bonds. The first-order valence-corrected chi connectivity index (χ1v) is 11.8. The Bertz CT molecular complexity index is 1280. The molecule has 0 saturated heterocycles. The van der Waals surface area contributed by atoms with Crippen LogP contribution < -0.4 is 5.56 Å². The van der Waals surface area contributed by atoms with E-state index in [1.165, 1.54) is 22.2 Å². The van der Waals surface area contributed by atoms with E-state index in [4.69, 9.17) is 9.51 Å². The zero-order chi connectivity index (χ0) is 20.8. The largest absolute Gasteiger partial charge is 0.338 e. The maximum atomic E-state index is 13.8. The zero-order valence-electron chi connectivity index (χ0n) is 17.1. The van der Waals surface area contributed by atoms with Crippen LogP contribution >= 0.6 is 23.1 Å². The number of aryl methyl sites for hydroxylation is 2. The second-order valence-electron chi connectivity index (χ2n) is 7.84. The minimum atomic E-state index is -0.125. The fourth-order valence-corrected chi connectivity index (χ4v) is 6.32. The lowest BCUT2D eigenvalue weighted by Gasteiger charge is -2.18. The molecular formula is C22H22N4O2S2. The molecule has 4 aromatic rings. The maximum absolute atomic E-state index is 13.8. The lowest BCUT2D eigenvalue weighted by Crippen LogP contribution is -2.22. The summed E-state index contributed by atoms with van der Waals surface area (Å²) in [6.45, 7) is 6.06. The van der Waals surface area contributed by atoms with Crippen LogP contribution in [0.1, 0.15) is 47.7 Å². The second kappa shape index (κ2) is 7.67. The molecule has 30 heavy (non-hydrogen) atoms. The quantitative estimate of drug-likeness (QED) is 0.325. The van der Waals surface area contributed by atoms with E-state index in [0.29, 0.717) is 22.8 Å². The van der Waals surface area contributed by atoms with Crippen molar-refractivity contribution in [2.45, 2.75) is 50.4 Å². The molecule has 3 aromatic heterocycles. The Morgan fingerprint density at radius 1 is 1.27 bits per heavy atom. The molecule has 1 aliphatic carbocycles. The van der Waals surface area contributed by atoms with Gasteiger partial charge in [-0.15, -0.1) is 11.3 Å². The van der Waals surface area contributed by atoms with Crippen LogP contribution in [0.25, 0.3) is 15.9 Å². The monoisotopic (exact) mass is 438 g/mol. The van der Waals surface area contributed by atoms with Crippen LogP contribution in [-0.4, -0.2) is 19.7 Å². The van der Waals surface area contributed by atoms with Gasteiger partial charge in [0.1, 0.15) is 4.83 Å². The lowest BCUT2D eigenvalue weighted by molar-refractivity contribution is 0.376. The number of rotatable bonds is 4. The van der Waals surface area contributed by atoms with Crippen LogP contribution in [0, 0.1) is 12.8 Å². The zero-order valence-corrected chi connectivity index (χ0v) is 18.7. The molecular weight excluding hydrogens is 416 g/mol. The van der Waals surface area contributed by atoms with Crippen molar-refractivity contribution < 1.29 is 4.52 Å². The Balaban J connectivity index is 1.69. The van der Waals surface area contributed by atoms with Gasteiger partial charge in [0.25, 0.3) is 5.56 Å². The number of benzene rings is 1. The Kier molecular flexibility index (Phi) is 4.99. The highest BCUT2D eigenvalue weighted by molar-refractivity contribution is 7.99. The minimum absolute atomic E-state index is 0.00895. The Hall–Kier alpha value is -2.45. The lowest BCUT2D eigenvalue weighted by atomic mass is 9.89. The predicted octanol–water partition coefficient (Wildman–Crippen LogP) is 5.12. The molecule has 1 aliphatic rings. The fraction of sp³-hybridized carbons (Fsp3) is 0.364. The molecule has 154 valence electrons. The molecule has 6 nitrogen and oxygen atoms in total. The van der Waals surface area contributed by atoms with E-state index < -0.39 is 0 Å². The molecule has 1 aromatic carbocycles. The summed E-state index contributed by atoms with van der Waals surface area (Å²) < 4.78 is 7.08. The predicted molar refractivity (Wildman–Crippen MR) is 120 cm³/mol. The molecule has 0 saturated carbocycles. The molecule has 0 radical (unpaired) electrons. The van der Waals surface area contributed by atoms with Crippen LogP contribution in [0.4, 0.5) is 0 Å². The van der Waals surface area contributed by atoms with Gasteiger partial charge < -0.3 is 4.52 Å². The average molecular weight is 439 g/mol. The standard InChI is InChI=1S/C22H22N4O2S2/c1-12-9-10-16-17(11-12)30-20-18(16)21(27)26(15-7-5-4-6-8-15)22(24-20)29-13(2)19-23-14(3)25-28-19/h4-8,12-13H,9-11H2,1-3H3. The van der Waals surface area contributed by atoms with Gasteiger partial charge in [0.2, 0.25) is 5.89 Å². The molecule has 5 rings (SSSR count). The van der Waals surface area contributed by atoms with Crippen LogP contribution in [0.5, 0.6) is 0 Å². The molecule has 0 bridgehead atoms. The molecule has 2 unspecified atom stereocenters. The number of thiophene rings is 1. The van der Waals surface area contributed by atoms with E-state index in [2.05, 4.69) is 17.1 Å². The fourth-order valence-electron chi connectivity index (χ4n) is 3.94. The number of fused-ring (bicyclic) bond motifs is 3. The number of nitrogens with zero attached hydrogens (tertiary/aromatic N) is 4. The summed E-state index contributed by atoms with van der Waals surface area (Å²) in [5, 5.41) is 5.20. The van der Waals surface area contributed by atoms with Crippen molar-refractivity contribution in [1.82, 2.24) is 19.7 Å². The van der Waals surface area contributed by atoms with Gasteiger partial charge >= 0.3 is 0 Å². The second-order valence-corrected chi connectivity index (χ2v) is 10.2. The summed E-state index contributed by atoms with van der Waals surface area (Å²) in [5.74, 6) is 1.78. The average Bonchev–Trinajstić information content (AvgIpc) is 3.31. The number of thioether (sulfide) groups is 1. The summed E-state index contributed by atoms with van der Waals surface area (Å²) in [7, 11) is 0. The molecule has 0 fully saturated rings. The number of para-hydroxylation sites is 1. The van der Waals surface area contributed by atoms with Gasteiger partial charge in [0, 0.05) is 4.88 Å². The van der Waals surface area contributed by atoms with Crippen LogP contribution in [-0.2, 0) is 12.8 Å². The Labute approximate surface area is 182 Å². The topological polar surface area (TPSA) is 73.8 Å². The van der Waals surface area contributed by atoms with Gasteiger partial charge in [-0.25, -0.2) is 4.98 Å². The SMILES string of the molecule is Cc1noc(C(C)Sc2nc3sc4c(c3c(=O)n2-c2ccccc2)CCC(C)C4)n1. The van der Waals surface area contributed by atoms with E-state index in [9.17, 15) is 4.79 Å². The van der Waals surface area contributed by atoms with Crippen LogP contribution in [0.15, 0.2) is 44.8 Å². The highest BCUT2D eigenvalue weighted by Gasteiger charge is 2.26. The summed E-state index contributed by atoms with van der Waals surface area (Å²) >= 11 is 3.14. The number of hydrogen-bond acceptors (Lipinski definition) is 7. The summed E-state index contributed by atoms with van der Waals surface area (Å²) in [6.07, 6.45) is 3.10. The van der Waals surface area contributed by atoms with E-state index in [-0.39, 0.29) is 10.8 Å². The molecule has 0 aliphatic heterocycles. The van der Waals surface area contributed by atoms with Crippen LogP contribution in [0.3, 0.4) is 0 Å². The van der Waals surface area contributed by atoms with E-state index >= 15 is 0 Å². The van der Waals surface area contributed by atoms with Gasteiger partial charge in [-0.05, 0) is 56.7 Å².